The first-order chi connectivity index (χ1) is 8.22. The number of nitrogens with one attached hydrogen (secondary N) is 1. The van der Waals surface area contributed by atoms with Crippen molar-refractivity contribution in [2.24, 2.45) is 0 Å². The fourth-order valence-electron chi connectivity index (χ4n) is 2.12. The van der Waals surface area contributed by atoms with Crippen LogP contribution >= 0.6 is 11.9 Å². The van der Waals surface area contributed by atoms with Gasteiger partial charge in [-0.2, -0.15) is 0 Å². The molecule has 2 rings (SSSR count). The Bertz CT molecular complexity index is 386. The number of anilines is 2. The number of hydrogen-bond acceptors (Lipinski definition) is 5. The first-order valence-corrected chi connectivity index (χ1v) is 7.01. The second-order valence-corrected chi connectivity index (χ2v) is 4.87. The van der Waals surface area contributed by atoms with E-state index in [1.165, 1.54) is 0 Å². The molecule has 0 aliphatic carbocycles. The number of pyridine rings is 1. The van der Waals surface area contributed by atoms with Crippen molar-refractivity contribution < 1.29 is 4.74 Å². The lowest BCUT2D eigenvalue weighted by Gasteiger charge is -2.18. The Hall–Kier alpha value is -0.940. The molecule has 5 heteroatoms. The second kappa shape index (κ2) is 5.60. The molecule has 0 radical (unpaired) electrons. The average Bonchev–Trinajstić information content (AvgIpc) is 2.77. The summed E-state index contributed by atoms with van der Waals surface area (Å²) in [6, 6.07) is 4.16. The van der Waals surface area contributed by atoms with Crippen molar-refractivity contribution in [2.75, 3.05) is 36.1 Å². The summed E-state index contributed by atoms with van der Waals surface area (Å²) in [5.74, 6) is 1.04. The van der Waals surface area contributed by atoms with Crippen LogP contribution in [0, 0.1) is 6.92 Å². The third-order valence-electron chi connectivity index (χ3n) is 2.96. The van der Waals surface area contributed by atoms with Crippen LogP contribution in [0.15, 0.2) is 12.1 Å². The molecule has 4 nitrogen and oxygen atoms in total. The molecule has 1 fully saturated rings. The smallest absolute Gasteiger partial charge is 0.130 e. The van der Waals surface area contributed by atoms with Crippen molar-refractivity contribution >= 4 is 23.5 Å². The van der Waals surface area contributed by atoms with Gasteiger partial charge in [-0.25, -0.2) is 4.98 Å². The molecule has 1 saturated heterocycles. The van der Waals surface area contributed by atoms with Gasteiger partial charge >= 0.3 is 0 Å². The maximum absolute atomic E-state index is 5.38. The number of rotatable bonds is 4. The van der Waals surface area contributed by atoms with E-state index in [4.69, 9.17) is 4.74 Å². The maximum Gasteiger partial charge on any atom is 0.130 e. The van der Waals surface area contributed by atoms with Crippen LogP contribution in [-0.2, 0) is 4.74 Å². The Kier molecular flexibility index (Phi) is 4.12. The quantitative estimate of drug-likeness (QED) is 0.833. The summed E-state index contributed by atoms with van der Waals surface area (Å²) in [5, 5.41) is 0. The van der Waals surface area contributed by atoms with Gasteiger partial charge in [-0.3, -0.25) is 0 Å². The third kappa shape index (κ3) is 3.04. The summed E-state index contributed by atoms with van der Waals surface area (Å²) < 4.78 is 8.64. The van der Waals surface area contributed by atoms with E-state index in [1.807, 2.05) is 13.2 Å². The van der Waals surface area contributed by atoms with Crippen LogP contribution in [0.4, 0.5) is 11.5 Å². The molecule has 1 aliphatic heterocycles. The van der Waals surface area contributed by atoms with Crippen LogP contribution in [0.2, 0.25) is 0 Å². The lowest BCUT2D eigenvalue weighted by atomic mass is 10.3. The van der Waals surface area contributed by atoms with Crippen molar-refractivity contribution in [3.05, 3.63) is 17.8 Å². The monoisotopic (exact) mass is 253 g/mol. The highest BCUT2D eigenvalue weighted by Gasteiger charge is 2.23. The number of aryl methyl sites for hydroxylation is 1. The van der Waals surface area contributed by atoms with Crippen molar-refractivity contribution in [1.82, 2.24) is 4.98 Å². The molecular formula is C12H19N3OS. The molecule has 0 bridgehead atoms. The minimum Gasteiger partial charge on any atom is -0.380 e. The minimum atomic E-state index is 0.342. The SMILES string of the molecule is CO[C@H]1CCN(c2cc(NSC)cc(C)n2)C1. The summed E-state index contributed by atoms with van der Waals surface area (Å²) in [4.78, 5) is 6.87. The zero-order valence-electron chi connectivity index (χ0n) is 10.6. The Morgan fingerprint density at radius 3 is 3.00 bits per heavy atom. The molecule has 1 aromatic heterocycles. The summed E-state index contributed by atoms with van der Waals surface area (Å²) in [6.07, 6.45) is 3.44. The van der Waals surface area contributed by atoms with Gasteiger partial charge in [0.1, 0.15) is 5.82 Å². The standard InChI is InChI=1S/C12H19N3OS/c1-9-6-10(14-17-3)7-12(13-9)15-5-4-11(8-15)16-2/h6-7,11H,4-5,8H2,1-3H3,(H,13,14)/t11-/m0/s1. The molecule has 1 N–H and O–H groups in total. The van der Waals surface area contributed by atoms with Crippen LogP contribution in [0.1, 0.15) is 12.1 Å². The summed E-state index contributed by atoms with van der Waals surface area (Å²) in [6.45, 7) is 3.98. The molecule has 1 atom stereocenters. The van der Waals surface area contributed by atoms with Gasteiger partial charge in [0, 0.05) is 43.9 Å². The number of hydrogen-bond donors (Lipinski definition) is 1. The Morgan fingerprint density at radius 2 is 2.35 bits per heavy atom. The van der Waals surface area contributed by atoms with Crippen LogP contribution in [0.25, 0.3) is 0 Å². The van der Waals surface area contributed by atoms with E-state index < -0.39 is 0 Å². The van der Waals surface area contributed by atoms with E-state index in [9.17, 15) is 0 Å². The van der Waals surface area contributed by atoms with Crippen molar-refractivity contribution in [3.8, 4) is 0 Å². The number of aromatic nitrogens is 1. The Morgan fingerprint density at radius 1 is 1.53 bits per heavy atom. The predicted octanol–water partition coefficient (Wildman–Crippen LogP) is 2.31. The van der Waals surface area contributed by atoms with Crippen LogP contribution < -0.4 is 9.62 Å². The molecular weight excluding hydrogens is 234 g/mol. The van der Waals surface area contributed by atoms with E-state index in [2.05, 4.69) is 26.7 Å². The molecule has 0 unspecified atom stereocenters. The maximum atomic E-state index is 5.38. The summed E-state index contributed by atoms with van der Waals surface area (Å²) >= 11 is 1.60. The van der Waals surface area contributed by atoms with Crippen molar-refractivity contribution in [1.29, 1.82) is 0 Å². The second-order valence-electron chi connectivity index (χ2n) is 4.25. The van der Waals surface area contributed by atoms with Crippen LogP contribution in [0.3, 0.4) is 0 Å². The first kappa shape index (κ1) is 12.5. The molecule has 0 saturated carbocycles. The molecule has 2 heterocycles. The van der Waals surface area contributed by atoms with Gasteiger partial charge in [-0.05, 0) is 19.4 Å². The highest BCUT2D eigenvalue weighted by atomic mass is 32.2. The van der Waals surface area contributed by atoms with Gasteiger partial charge in [0.25, 0.3) is 0 Å². The van der Waals surface area contributed by atoms with E-state index >= 15 is 0 Å². The highest BCUT2D eigenvalue weighted by Crippen LogP contribution is 2.24. The summed E-state index contributed by atoms with van der Waals surface area (Å²) in [7, 11) is 1.78. The van der Waals surface area contributed by atoms with Crippen LogP contribution in [-0.4, -0.2) is 37.5 Å². The van der Waals surface area contributed by atoms with Crippen molar-refractivity contribution in [3.63, 3.8) is 0 Å². The van der Waals surface area contributed by atoms with E-state index in [0.29, 0.717) is 6.10 Å². The lowest BCUT2D eigenvalue weighted by molar-refractivity contribution is 0.121. The van der Waals surface area contributed by atoms with Gasteiger partial charge in [-0.15, -0.1) is 0 Å². The van der Waals surface area contributed by atoms with Gasteiger partial charge < -0.3 is 14.4 Å². The van der Waals surface area contributed by atoms with E-state index in [1.54, 1.807) is 19.1 Å². The van der Waals surface area contributed by atoms with Gasteiger partial charge in [0.2, 0.25) is 0 Å². The lowest BCUT2D eigenvalue weighted by Crippen LogP contribution is -2.23. The third-order valence-corrected chi connectivity index (χ3v) is 3.40. The fourth-order valence-corrected chi connectivity index (χ4v) is 2.47. The van der Waals surface area contributed by atoms with Gasteiger partial charge in [0.15, 0.2) is 0 Å². The zero-order chi connectivity index (χ0) is 12.3. The Labute approximate surface area is 107 Å². The number of methoxy groups -OCH3 is 1. The van der Waals surface area contributed by atoms with Crippen LogP contribution in [0.5, 0.6) is 0 Å². The first-order valence-electron chi connectivity index (χ1n) is 5.78. The van der Waals surface area contributed by atoms with Gasteiger partial charge in [0.05, 0.1) is 6.10 Å². The fraction of sp³-hybridized carbons (Fsp3) is 0.583. The number of ether oxygens (including phenoxy) is 1. The molecule has 1 aliphatic rings. The molecule has 0 spiro atoms. The molecule has 0 amide bonds. The normalized spacial score (nSPS) is 19.7. The molecule has 94 valence electrons. The molecule has 17 heavy (non-hydrogen) atoms. The average molecular weight is 253 g/mol. The summed E-state index contributed by atoms with van der Waals surface area (Å²) in [5.41, 5.74) is 2.15. The number of nitrogens with zero attached hydrogens (tertiary/aromatic N) is 2. The molecule has 0 aromatic carbocycles. The highest BCUT2D eigenvalue weighted by molar-refractivity contribution is 7.99. The largest absolute Gasteiger partial charge is 0.380 e. The van der Waals surface area contributed by atoms with E-state index in [-0.39, 0.29) is 0 Å². The minimum absolute atomic E-state index is 0.342. The van der Waals surface area contributed by atoms with Gasteiger partial charge in [-0.1, -0.05) is 11.9 Å². The zero-order valence-corrected chi connectivity index (χ0v) is 11.4. The Balaban J connectivity index is 2.15. The molecule has 1 aromatic rings. The topological polar surface area (TPSA) is 37.4 Å². The predicted molar refractivity (Wildman–Crippen MR) is 73.7 cm³/mol. The van der Waals surface area contributed by atoms with E-state index in [0.717, 1.165) is 36.7 Å². The van der Waals surface area contributed by atoms with Crippen molar-refractivity contribution in [2.45, 2.75) is 19.4 Å².